The summed E-state index contributed by atoms with van der Waals surface area (Å²) in [5.41, 5.74) is -0.500. The highest BCUT2D eigenvalue weighted by Gasteiger charge is 2.19. The Balaban J connectivity index is 2.10. The molecule has 102 valence electrons. The van der Waals surface area contributed by atoms with Crippen molar-refractivity contribution in [1.82, 2.24) is 5.32 Å². The van der Waals surface area contributed by atoms with Gasteiger partial charge in [0.15, 0.2) is 0 Å². The lowest BCUT2D eigenvalue weighted by Crippen LogP contribution is -2.39. The normalized spacial score (nSPS) is 28.1. The average Bonchev–Trinajstić information content (AvgIpc) is 2.19. The van der Waals surface area contributed by atoms with E-state index >= 15 is 0 Å². The summed E-state index contributed by atoms with van der Waals surface area (Å²) in [7, 11) is 0. The maximum Gasteiger partial charge on any atom is 0.0591 e. The zero-order valence-electron chi connectivity index (χ0n) is 12.1. The number of hydrogen-bond donors (Lipinski definition) is 2. The van der Waals surface area contributed by atoms with Crippen molar-refractivity contribution in [3.63, 3.8) is 0 Å². The molecule has 0 aliphatic heterocycles. The summed E-state index contributed by atoms with van der Waals surface area (Å²) in [6, 6.07) is 1.33. The Labute approximate surface area is 107 Å². The van der Waals surface area contributed by atoms with Crippen LogP contribution in [0.3, 0.4) is 0 Å². The Bertz CT molecular complexity index is 201. The summed E-state index contributed by atoms with van der Waals surface area (Å²) in [4.78, 5) is 0. The molecule has 0 aromatic heterocycles. The molecule has 0 radical (unpaired) electrons. The molecule has 0 aromatic carbocycles. The molecule has 1 aliphatic rings. The van der Waals surface area contributed by atoms with Gasteiger partial charge in [-0.05, 0) is 71.6 Å². The van der Waals surface area contributed by atoms with Gasteiger partial charge in [0.1, 0.15) is 0 Å². The number of aliphatic hydroxyl groups is 1. The molecule has 0 amide bonds. The van der Waals surface area contributed by atoms with Gasteiger partial charge in [0.25, 0.3) is 0 Å². The van der Waals surface area contributed by atoms with E-state index in [-0.39, 0.29) is 0 Å². The van der Waals surface area contributed by atoms with Crippen LogP contribution in [0.1, 0.15) is 72.6 Å². The molecule has 0 aromatic rings. The van der Waals surface area contributed by atoms with Crippen LogP contribution >= 0.6 is 0 Å². The first kappa shape index (κ1) is 15.0. The molecule has 0 heterocycles. The van der Waals surface area contributed by atoms with Crippen LogP contribution in [0.2, 0.25) is 0 Å². The van der Waals surface area contributed by atoms with Crippen LogP contribution in [0.25, 0.3) is 0 Å². The van der Waals surface area contributed by atoms with Gasteiger partial charge in [-0.3, -0.25) is 0 Å². The first-order valence-electron chi connectivity index (χ1n) is 7.35. The van der Waals surface area contributed by atoms with Gasteiger partial charge in [0.2, 0.25) is 0 Å². The van der Waals surface area contributed by atoms with Gasteiger partial charge in [-0.25, -0.2) is 0 Å². The molecule has 2 nitrogen and oxygen atoms in total. The van der Waals surface area contributed by atoms with E-state index in [2.05, 4.69) is 19.2 Å². The number of hydrogen-bond acceptors (Lipinski definition) is 2. The third-order valence-corrected chi connectivity index (χ3v) is 3.96. The van der Waals surface area contributed by atoms with Gasteiger partial charge in [-0.1, -0.05) is 6.92 Å². The van der Waals surface area contributed by atoms with Crippen LogP contribution in [-0.2, 0) is 0 Å². The van der Waals surface area contributed by atoms with Gasteiger partial charge >= 0.3 is 0 Å². The second-order valence-corrected chi connectivity index (χ2v) is 6.73. The zero-order valence-corrected chi connectivity index (χ0v) is 12.1. The summed E-state index contributed by atoms with van der Waals surface area (Å²) in [6.07, 6.45) is 8.65. The molecule has 1 fully saturated rings. The predicted molar refractivity (Wildman–Crippen MR) is 74.2 cm³/mol. The van der Waals surface area contributed by atoms with Crippen LogP contribution in [0.4, 0.5) is 0 Å². The monoisotopic (exact) mass is 241 g/mol. The third-order valence-electron chi connectivity index (χ3n) is 3.96. The molecular formula is C15H31NO. The van der Waals surface area contributed by atoms with Gasteiger partial charge in [0.05, 0.1) is 5.60 Å². The first-order chi connectivity index (χ1) is 7.87. The molecule has 1 rings (SSSR count). The summed E-state index contributed by atoms with van der Waals surface area (Å²) in [5.74, 6) is 0.929. The average molecular weight is 241 g/mol. The second kappa shape index (κ2) is 6.75. The van der Waals surface area contributed by atoms with Crippen molar-refractivity contribution in [2.45, 2.75) is 90.3 Å². The first-order valence-corrected chi connectivity index (χ1v) is 7.35. The maximum atomic E-state index is 9.66. The second-order valence-electron chi connectivity index (χ2n) is 6.73. The van der Waals surface area contributed by atoms with Gasteiger partial charge in [0, 0.05) is 12.1 Å². The Hall–Kier alpha value is -0.0800. The van der Waals surface area contributed by atoms with Crippen molar-refractivity contribution in [2.24, 2.45) is 5.92 Å². The van der Waals surface area contributed by atoms with Crippen molar-refractivity contribution in [2.75, 3.05) is 0 Å². The molecule has 1 saturated carbocycles. The summed E-state index contributed by atoms with van der Waals surface area (Å²) in [6.45, 7) is 8.44. The van der Waals surface area contributed by atoms with E-state index in [1.165, 1.54) is 32.1 Å². The number of rotatable bonds is 6. The Kier molecular flexibility index (Phi) is 5.94. The molecule has 1 atom stereocenters. The van der Waals surface area contributed by atoms with Crippen molar-refractivity contribution in [3.05, 3.63) is 0 Å². The van der Waals surface area contributed by atoms with Gasteiger partial charge in [-0.15, -0.1) is 0 Å². The standard InChI is InChI=1S/C15H31NO/c1-12-7-9-14(10-8-12)16-13(2)6-5-11-15(3,4)17/h12-14,16-17H,5-11H2,1-4H3/t12?,13-,14?/m1/s1. The van der Waals surface area contributed by atoms with E-state index < -0.39 is 5.60 Å². The molecular weight excluding hydrogens is 210 g/mol. The lowest BCUT2D eigenvalue weighted by molar-refractivity contribution is 0.0673. The fourth-order valence-electron chi connectivity index (χ4n) is 2.75. The lowest BCUT2D eigenvalue weighted by Gasteiger charge is -2.30. The fourth-order valence-corrected chi connectivity index (χ4v) is 2.75. The van der Waals surface area contributed by atoms with E-state index in [0.717, 1.165) is 24.8 Å². The minimum atomic E-state index is -0.500. The highest BCUT2D eigenvalue weighted by molar-refractivity contribution is 4.78. The van der Waals surface area contributed by atoms with Crippen LogP contribution in [0.5, 0.6) is 0 Å². The third kappa shape index (κ3) is 7.05. The number of nitrogens with one attached hydrogen (secondary N) is 1. The van der Waals surface area contributed by atoms with Gasteiger partial charge in [-0.2, -0.15) is 0 Å². The SMILES string of the molecule is CC1CCC(N[C@H](C)CCCC(C)(C)O)CC1. The summed E-state index contributed by atoms with van der Waals surface area (Å²) >= 11 is 0. The molecule has 2 N–H and O–H groups in total. The Morgan fingerprint density at radius 2 is 1.82 bits per heavy atom. The van der Waals surface area contributed by atoms with E-state index in [1.807, 2.05) is 13.8 Å². The maximum absolute atomic E-state index is 9.66. The highest BCUT2D eigenvalue weighted by atomic mass is 16.3. The molecule has 1 aliphatic carbocycles. The van der Waals surface area contributed by atoms with Gasteiger partial charge < -0.3 is 10.4 Å². The van der Waals surface area contributed by atoms with Crippen molar-refractivity contribution < 1.29 is 5.11 Å². The van der Waals surface area contributed by atoms with E-state index in [0.29, 0.717) is 6.04 Å². The summed E-state index contributed by atoms with van der Waals surface area (Å²) < 4.78 is 0. The minimum Gasteiger partial charge on any atom is -0.390 e. The largest absolute Gasteiger partial charge is 0.390 e. The van der Waals surface area contributed by atoms with Crippen LogP contribution in [0.15, 0.2) is 0 Å². The lowest BCUT2D eigenvalue weighted by atomic mass is 9.87. The molecule has 0 unspecified atom stereocenters. The zero-order chi connectivity index (χ0) is 12.9. The van der Waals surface area contributed by atoms with Crippen molar-refractivity contribution >= 4 is 0 Å². The smallest absolute Gasteiger partial charge is 0.0591 e. The quantitative estimate of drug-likeness (QED) is 0.746. The molecule has 17 heavy (non-hydrogen) atoms. The van der Waals surface area contributed by atoms with E-state index in [4.69, 9.17) is 0 Å². The molecule has 0 bridgehead atoms. The molecule has 0 saturated heterocycles. The topological polar surface area (TPSA) is 32.3 Å². The van der Waals surface area contributed by atoms with Crippen LogP contribution in [-0.4, -0.2) is 22.8 Å². The molecule has 2 heteroatoms. The Morgan fingerprint density at radius 3 is 2.35 bits per heavy atom. The van der Waals surface area contributed by atoms with E-state index in [1.54, 1.807) is 0 Å². The highest BCUT2D eigenvalue weighted by Crippen LogP contribution is 2.24. The van der Waals surface area contributed by atoms with E-state index in [9.17, 15) is 5.11 Å². The minimum absolute atomic E-state index is 0.500. The molecule has 0 spiro atoms. The van der Waals surface area contributed by atoms with Crippen molar-refractivity contribution in [1.29, 1.82) is 0 Å². The fraction of sp³-hybridized carbons (Fsp3) is 1.00. The predicted octanol–water partition coefficient (Wildman–Crippen LogP) is 3.48. The van der Waals surface area contributed by atoms with Crippen molar-refractivity contribution in [3.8, 4) is 0 Å². The Morgan fingerprint density at radius 1 is 1.24 bits per heavy atom. The van der Waals surface area contributed by atoms with Crippen LogP contribution in [0, 0.1) is 5.92 Å². The summed E-state index contributed by atoms with van der Waals surface area (Å²) in [5, 5.41) is 13.4. The van der Waals surface area contributed by atoms with Crippen LogP contribution < -0.4 is 5.32 Å².